The van der Waals surface area contributed by atoms with Crippen LogP contribution >= 0.6 is 0 Å². The second kappa shape index (κ2) is 5.77. The maximum Gasteiger partial charge on any atom is 0.289 e. The van der Waals surface area contributed by atoms with E-state index in [0.717, 1.165) is 16.6 Å². The molecule has 0 unspecified atom stereocenters. The van der Waals surface area contributed by atoms with Gasteiger partial charge in [-0.3, -0.25) is 14.7 Å². The third kappa shape index (κ3) is 2.57. The fourth-order valence-corrected chi connectivity index (χ4v) is 3.12. The van der Waals surface area contributed by atoms with Gasteiger partial charge in [0.2, 0.25) is 0 Å². The molecule has 3 aromatic rings. The number of carbonyl (C=O) groups is 2. The molecule has 2 amide bonds. The summed E-state index contributed by atoms with van der Waals surface area (Å²) in [6.07, 6.45) is 0.590. The minimum atomic E-state index is -0.156. The Morgan fingerprint density at radius 3 is 2.84 bits per heavy atom. The topological polar surface area (TPSA) is 82.4 Å². The number of carbonyl (C=O) groups excluding carboxylic acids is 2. The Balaban J connectivity index is 1.58. The van der Waals surface area contributed by atoms with Gasteiger partial charge in [0.25, 0.3) is 11.8 Å². The monoisotopic (exact) mass is 338 g/mol. The van der Waals surface area contributed by atoms with E-state index in [1.54, 1.807) is 25.1 Å². The van der Waals surface area contributed by atoms with E-state index >= 15 is 0 Å². The van der Waals surface area contributed by atoms with Gasteiger partial charge < -0.3 is 14.2 Å². The first-order valence-electron chi connectivity index (χ1n) is 8.10. The molecular formula is C18H18N4O3. The Morgan fingerprint density at radius 1 is 1.28 bits per heavy atom. The summed E-state index contributed by atoms with van der Waals surface area (Å²) in [6, 6.07) is 9.31. The lowest BCUT2D eigenvalue weighted by atomic mass is 10.0. The first-order chi connectivity index (χ1) is 12.0. The van der Waals surface area contributed by atoms with Crippen molar-refractivity contribution in [1.82, 2.24) is 20.0 Å². The van der Waals surface area contributed by atoms with Crippen molar-refractivity contribution in [3.05, 3.63) is 53.0 Å². The van der Waals surface area contributed by atoms with Crippen LogP contribution in [0.3, 0.4) is 0 Å². The predicted octanol–water partition coefficient (Wildman–Crippen LogP) is 2.06. The van der Waals surface area contributed by atoms with E-state index < -0.39 is 0 Å². The van der Waals surface area contributed by atoms with Gasteiger partial charge in [-0.2, -0.15) is 5.10 Å². The van der Waals surface area contributed by atoms with Crippen LogP contribution in [0.4, 0.5) is 0 Å². The van der Waals surface area contributed by atoms with Crippen LogP contribution in [0.15, 0.2) is 34.7 Å². The Morgan fingerprint density at radius 2 is 2.08 bits per heavy atom. The Labute approximate surface area is 144 Å². The van der Waals surface area contributed by atoms with Crippen LogP contribution in [-0.2, 0) is 13.0 Å². The van der Waals surface area contributed by atoms with Crippen molar-refractivity contribution in [2.75, 3.05) is 20.6 Å². The number of fused-ring (bicyclic) bond motifs is 2. The minimum absolute atomic E-state index is 0.130. The predicted molar refractivity (Wildman–Crippen MR) is 91.3 cm³/mol. The highest BCUT2D eigenvalue weighted by atomic mass is 16.3. The van der Waals surface area contributed by atoms with Crippen molar-refractivity contribution in [3.63, 3.8) is 0 Å². The number of rotatable bonds is 2. The second-order valence-electron chi connectivity index (χ2n) is 6.35. The van der Waals surface area contributed by atoms with Crippen molar-refractivity contribution >= 4 is 22.8 Å². The zero-order valence-corrected chi connectivity index (χ0v) is 14.1. The van der Waals surface area contributed by atoms with Crippen molar-refractivity contribution in [2.24, 2.45) is 0 Å². The minimum Gasteiger partial charge on any atom is -0.451 e. The van der Waals surface area contributed by atoms with Crippen molar-refractivity contribution in [1.29, 1.82) is 0 Å². The summed E-state index contributed by atoms with van der Waals surface area (Å²) in [7, 11) is 3.40. The number of hydrogen-bond donors (Lipinski definition) is 1. The van der Waals surface area contributed by atoms with E-state index in [2.05, 4.69) is 10.2 Å². The molecular weight excluding hydrogens is 320 g/mol. The summed E-state index contributed by atoms with van der Waals surface area (Å²) in [5, 5.41) is 7.95. The first kappa shape index (κ1) is 15.4. The number of furan rings is 1. The Hall–Kier alpha value is -3.09. The number of nitrogens with one attached hydrogen (secondary N) is 1. The van der Waals surface area contributed by atoms with Crippen LogP contribution in [0.2, 0.25) is 0 Å². The van der Waals surface area contributed by atoms with E-state index in [9.17, 15) is 9.59 Å². The summed E-state index contributed by atoms with van der Waals surface area (Å²) in [5.74, 6) is 0.0419. The molecule has 2 aromatic heterocycles. The third-order valence-electron chi connectivity index (χ3n) is 4.47. The van der Waals surface area contributed by atoms with E-state index in [0.29, 0.717) is 36.5 Å². The zero-order chi connectivity index (χ0) is 17.6. The van der Waals surface area contributed by atoms with E-state index in [1.807, 2.05) is 24.3 Å². The highest BCUT2D eigenvalue weighted by Gasteiger charge is 2.29. The molecule has 0 radical (unpaired) electrons. The lowest BCUT2D eigenvalue weighted by Gasteiger charge is -2.26. The van der Waals surface area contributed by atoms with Crippen LogP contribution in [-0.4, -0.2) is 52.5 Å². The van der Waals surface area contributed by atoms with Gasteiger partial charge in [-0.15, -0.1) is 0 Å². The van der Waals surface area contributed by atoms with Crippen LogP contribution in [0, 0.1) is 0 Å². The summed E-state index contributed by atoms with van der Waals surface area (Å²) in [5.41, 5.74) is 2.84. The van der Waals surface area contributed by atoms with Crippen LogP contribution in [0.25, 0.3) is 11.0 Å². The van der Waals surface area contributed by atoms with Crippen LogP contribution in [0.1, 0.15) is 32.3 Å². The number of benzene rings is 1. The van der Waals surface area contributed by atoms with Gasteiger partial charge in [-0.1, -0.05) is 18.2 Å². The lowest BCUT2D eigenvalue weighted by Crippen LogP contribution is -2.36. The van der Waals surface area contributed by atoms with E-state index in [1.165, 1.54) is 4.90 Å². The molecule has 3 heterocycles. The van der Waals surface area contributed by atoms with Gasteiger partial charge in [0.15, 0.2) is 11.5 Å². The number of aromatic nitrogens is 2. The molecule has 7 heteroatoms. The highest BCUT2D eigenvalue weighted by molar-refractivity contribution is 5.97. The summed E-state index contributed by atoms with van der Waals surface area (Å²) >= 11 is 0. The number of aromatic amines is 1. The molecule has 0 spiro atoms. The van der Waals surface area contributed by atoms with Gasteiger partial charge in [-0.05, 0) is 18.6 Å². The third-order valence-corrected chi connectivity index (χ3v) is 4.47. The molecule has 1 N–H and O–H groups in total. The normalized spacial score (nSPS) is 13.8. The molecule has 0 saturated carbocycles. The number of hydrogen-bond acceptors (Lipinski definition) is 4. The van der Waals surface area contributed by atoms with Gasteiger partial charge in [0, 0.05) is 31.6 Å². The molecule has 4 rings (SSSR count). The van der Waals surface area contributed by atoms with Gasteiger partial charge in [0.05, 0.1) is 12.2 Å². The molecule has 0 saturated heterocycles. The molecule has 1 aliphatic rings. The second-order valence-corrected chi connectivity index (χ2v) is 6.35. The number of para-hydroxylation sites is 1. The zero-order valence-electron chi connectivity index (χ0n) is 14.1. The molecule has 0 fully saturated rings. The van der Waals surface area contributed by atoms with Crippen molar-refractivity contribution < 1.29 is 14.0 Å². The van der Waals surface area contributed by atoms with Crippen molar-refractivity contribution in [2.45, 2.75) is 13.0 Å². The molecule has 1 aliphatic heterocycles. The number of nitrogens with zero attached hydrogens (tertiary/aromatic N) is 3. The molecule has 0 bridgehead atoms. The van der Waals surface area contributed by atoms with Crippen LogP contribution < -0.4 is 0 Å². The average Bonchev–Trinajstić information content (AvgIpc) is 3.23. The fraction of sp³-hybridized carbons (Fsp3) is 0.278. The summed E-state index contributed by atoms with van der Waals surface area (Å²) < 4.78 is 5.67. The first-order valence-corrected chi connectivity index (χ1v) is 8.10. The largest absolute Gasteiger partial charge is 0.451 e. The molecule has 1 aromatic carbocycles. The van der Waals surface area contributed by atoms with Gasteiger partial charge in [-0.25, -0.2) is 0 Å². The van der Waals surface area contributed by atoms with Gasteiger partial charge >= 0.3 is 0 Å². The summed E-state index contributed by atoms with van der Waals surface area (Å²) in [6.45, 7) is 0.912. The Kier molecular flexibility index (Phi) is 3.56. The van der Waals surface area contributed by atoms with E-state index in [-0.39, 0.29) is 11.8 Å². The standard InChI is InChI=1S/C18H18N4O3/c1-21(2)18(24)16-12-7-8-22(10-13(12)19-20-16)17(23)15-9-11-5-3-4-6-14(11)25-15/h3-6,9H,7-8,10H2,1-2H3,(H,19,20). The van der Waals surface area contributed by atoms with Crippen LogP contribution in [0.5, 0.6) is 0 Å². The summed E-state index contributed by atoms with van der Waals surface area (Å²) in [4.78, 5) is 28.1. The fourth-order valence-electron chi connectivity index (χ4n) is 3.12. The molecule has 0 atom stereocenters. The lowest BCUT2D eigenvalue weighted by molar-refractivity contribution is 0.0702. The quantitative estimate of drug-likeness (QED) is 0.775. The molecule has 7 nitrogen and oxygen atoms in total. The SMILES string of the molecule is CN(C)C(=O)c1n[nH]c2c1CCN(C(=O)c1cc3ccccc3o1)C2. The maximum absolute atomic E-state index is 12.8. The molecule has 25 heavy (non-hydrogen) atoms. The Bertz CT molecular complexity index is 937. The smallest absolute Gasteiger partial charge is 0.289 e. The van der Waals surface area contributed by atoms with E-state index in [4.69, 9.17) is 4.42 Å². The highest BCUT2D eigenvalue weighted by Crippen LogP contribution is 2.25. The molecule has 128 valence electrons. The molecule has 0 aliphatic carbocycles. The van der Waals surface area contributed by atoms with Crippen molar-refractivity contribution in [3.8, 4) is 0 Å². The number of H-pyrrole nitrogens is 1. The van der Waals surface area contributed by atoms with Gasteiger partial charge in [0.1, 0.15) is 5.58 Å². The number of amides is 2. The maximum atomic E-state index is 12.8. The average molecular weight is 338 g/mol.